The van der Waals surface area contributed by atoms with Crippen LogP contribution >= 0.6 is 11.6 Å². The molecule has 21 heavy (non-hydrogen) atoms. The van der Waals surface area contributed by atoms with E-state index in [-0.39, 0.29) is 6.04 Å². The molecule has 1 unspecified atom stereocenters. The first-order valence-corrected chi connectivity index (χ1v) is 7.68. The molecule has 0 bridgehead atoms. The van der Waals surface area contributed by atoms with Gasteiger partial charge in [0, 0.05) is 24.3 Å². The van der Waals surface area contributed by atoms with Crippen LogP contribution in [0.15, 0.2) is 30.6 Å². The standard InChI is InChI=1S/C16H22ClN3O/c1-3-14(18)8-13-6-5-7-15(17)16(13)21-11-12-9-19-20(4-2)10-12/h5-7,9-10,14H,3-4,8,11,18H2,1-2H3. The van der Waals surface area contributed by atoms with Crippen molar-refractivity contribution in [2.45, 2.75) is 45.9 Å². The van der Waals surface area contributed by atoms with Gasteiger partial charge in [0.05, 0.1) is 11.2 Å². The molecule has 2 rings (SSSR count). The Balaban J connectivity index is 2.10. The van der Waals surface area contributed by atoms with Crippen LogP contribution in [-0.2, 0) is 19.6 Å². The third kappa shape index (κ3) is 4.22. The van der Waals surface area contributed by atoms with Crippen molar-refractivity contribution >= 4 is 11.6 Å². The topological polar surface area (TPSA) is 53.1 Å². The molecular formula is C16H22ClN3O. The van der Waals surface area contributed by atoms with E-state index in [1.807, 2.05) is 35.3 Å². The van der Waals surface area contributed by atoms with E-state index in [0.717, 1.165) is 36.3 Å². The Hall–Kier alpha value is -1.52. The molecule has 114 valence electrons. The van der Waals surface area contributed by atoms with Gasteiger partial charge in [-0.25, -0.2) is 0 Å². The summed E-state index contributed by atoms with van der Waals surface area (Å²) in [6.07, 6.45) is 5.49. The third-order valence-electron chi connectivity index (χ3n) is 3.45. The molecule has 1 atom stereocenters. The quantitative estimate of drug-likeness (QED) is 0.853. The average molecular weight is 308 g/mol. The van der Waals surface area contributed by atoms with Crippen LogP contribution in [0.3, 0.4) is 0 Å². The van der Waals surface area contributed by atoms with E-state index in [1.165, 1.54) is 0 Å². The molecule has 0 saturated carbocycles. The number of para-hydroxylation sites is 1. The normalized spacial score (nSPS) is 12.4. The highest BCUT2D eigenvalue weighted by molar-refractivity contribution is 6.32. The lowest BCUT2D eigenvalue weighted by molar-refractivity contribution is 0.302. The van der Waals surface area contributed by atoms with E-state index >= 15 is 0 Å². The summed E-state index contributed by atoms with van der Waals surface area (Å²) in [7, 11) is 0. The van der Waals surface area contributed by atoms with Crippen molar-refractivity contribution in [3.8, 4) is 5.75 Å². The van der Waals surface area contributed by atoms with Gasteiger partial charge in [-0.2, -0.15) is 5.10 Å². The van der Waals surface area contributed by atoms with Crippen LogP contribution in [0.1, 0.15) is 31.4 Å². The number of benzene rings is 1. The van der Waals surface area contributed by atoms with Crippen LogP contribution in [0.5, 0.6) is 5.75 Å². The highest BCUT2D eigenvalue weighted by atomic mass is 35.5. The molecule has 0 amide bonds. The lowest BCUT2D eigenvalue weighted by Gasteiger charge is -2.15. The van der Waals surface area contributed by atoms with Gasteiger partial charge >= 0.3 is 0 Å². The van der Waals surface area contributed by atoms with E-state index in [4.69, 9.17) is 22.1 Å². The van der Waals surface area contributed by atoms with Gasteiger partial charge in [-0.1, -0.05) is 30.7 Å². The number of hydrogen-bond acceptors (Lipinski definition) is 3. The molecule has 2 N–H and O–H groups in total. The van der Waals surface area contributed by atoms with E-state index < -0.39 is 0 Å². The van der Waals surface area contributed by atoms with Crippen molar-refractivity contribution in [3.63, 3.8) is 0 Å². The van der Waals surface area contributed by atoms with Crippen molar-refractivity contribution in [2.75, 3.05) is 0 Å². The van der Waals surface area contributed by atoms with Gasteiger partial charge in [0.25, 0.3) is 0 Å². The zero-order valence-corrected chi connectivity index (χ0v) is 13.3. The molecule has 0 spiro atoms. The summed E-state index contributed by atoms with van der Waals surface area (Å²) < 4.78 is 7.79. The first-order chi connectivity index (χ1) is 10.1. The van der Waals surface area contributed by atoms with Gasteiger partial charge in [-0.15, -0.1) is 0 Å². The maximum Gasteiger partial charge on any atom is 0.141 e. The van der Waals surface area contributed by atoms with Gasteiger partial charge in [-0.05, 0) is 31.4 Å². The zero-order valence-electron chi connectivity index (χ0n) is 12.6. The summed E-state index contributed by atoms with van der Waals surface area (Å²) in [6, 6.07) is 5.91. The highest BCUT2D eigenvalue weighted by Gasteiger charge is 2.12. The lowest BCUT2D eigenvalue weighted by Crippen LogP contribution is -2.21. The fourth-order valence-electron chi connectivity index (χ4n) is 2.11. The summed E-state index contributed by atoms with van der Waals surface area (Å²) in [5.41, 5.74) is 8.13. The molecule has 0 aliphatic heterocycles. The second-order valence-corrected chi connectivity index (χ2v) is 5.50. The number of rotatable bonds is 7. The Morgan fingerprint density at radius 3 is 2.86 bits per heavy atom. The minimum absolute atomic E-state index is 0.119. The third-order valence-corrected chi connectivity index (χ3v) is 3.75. The number of aromatic nitrogens is 2. The Bertz CT molecular complexity index is 583. The summed E-state index contributed by atoms with van der Waals surface area (Å²) in [4.78, 5) is 0. The minimum Gasteiger partial charge on any atom is -0.487 e. The van der Waals surface area contributed by atoms with Crippen molar-refractivity contribution in [1.82, 2.24) is 9.78 Å². The van der Waals surface area contributed by atoms with Crippen molar-refractivity contribution in [3.05, 3.63) is 46.7 Å². The molecular weight excluding hydrogens is 286 g/mol. The summed E-state index contributed by atoms with van der Waals surface area (Å²) in [5.74, 6) is 0.729. The summed E-state index contributed by atoms with van der Waals surface area (Å²) in [5, 5.41) is 4.86. The molecule has 0 radical (unpaired) electrons. The van der Waals surface area contributed by atoms with Crippen LogP contribution in [0.25, 0.3) is 0 Å². The summed E-state index contributed by atoms with van der Waals surface area (Å²) in [6.45, 7) is 5.44. The van der Waals surface area contributed by atoms with Crippen LogP contribution in [0.2, 0.25) is 5.02 Å². The molecule has 2 aromatic rings. The molecule has 0 saturated heterocycles. The van der Waals surface area contributed by atoms with Crippen molar-refractivity contribution in [2.24, 2.45) is 5.73 Å². The average Bonchev–Trinajstić information content (AvgIpc) is 2.94. The van der Waals surface area contributed by atoms with E-state index in [1.54, 1.807) is 0 Å². The smallest absolute Gasteiger partial charge is 0.141 e. The molecule has 1 aromatic heterocycles. The van der Waals surface area contributed by atoms with Gasteiger partial charge in [0.15, 0.2) is 0 Å². The maximum absolute atomic E-state index is 6.27. The minimum atomic E-state index is 0.119. The van der Waals surface area contributed by atoms with Crippen molar-refractivity contribution in [1.29, 1.82) is 0 Å². The van der Waals surface area contributed by atoms with Crippen molar-refractivity contribution < 1.29 is 4.74 Å². The van der Waals surface area contributed by atoms with Gasteiger partial charge in [-0.3, -0.25) is 4.68 Å². The monoisotopic (exact) mass is 307 g/mol. The molecule has 1 heterocycles. The predicted molar refractivity (Wildman–Crippen MR) is 85.7 cm³/mol. The number of aryl methyl sites for hydroxylation is 1. The molecule has 4 nitrogen and oxygen atoms in total. The van der Waals surface area contributed by atoms with Crippen LogP contribution < -0.4 is 10.5 Å². The van der Waals surface area contributed by atoms with E-state index in [2.05, 4.69) is 18.9 Å². The van der Waals surface area contributed by atoms with E-state index in [9.17, 15) is 0 Å². The molecule has 1 aromatic carbocycles. The second-order valence-electron chi connectivity index (χ2n) is 5.09. The second kappa shape index (κ2) is 7.48. The lowest BCUT2D eigenvalue weighted by atomic mass is 10.0. The SMILES string of the molecule is CCC(N)Cc1cccc(Cl)c1OCc1cnn(CC)c1. The molecule has 0 aliphatic carbocycles. The van der Waals surface area contributed by atoms with E-state index in [0.29, 0.717) is 11.6 Å². The van der Waals surface area contributed by atoms with Crippen LogP contribution in [0, 0.1) is 0 Å². The molecule has 0 fully saturated rings. The Morgan fingerprint density at radius 1 is 1.38 bits per heavy atom. The maximum atomic E-state index is 6.27. The van der Waals surface area contributed by atoms with Crippen LogP contribution in [-0.4, -0.2) is 15.8 Å². The Morgan fingerprint density at radius 2 is 2.19 bits per heavy atom. The fourth-order valence-corrected chi connectivity index (χ4v) is 2.36. The zero-order chi connectivity index (χ0) is 15.2. The van der Waals surface area contributed by atoms with Gasteiger partial charge in [0.1, 0.15) is 12.4 Å². The highest BCUT2D eigenvalue weighted by Crippen LogP contribution is 2.30. The number of nitrogens with zero attached hydrogens (tertiary/aromatic N) is 2. The van der Waals surface area contributed by atoms with Gasteiger partial charge in [0.2, 0.25) is 0 Å². The number of halogens is 1. The van der Waals surface area contributed by atoms with Crippen LogP contribution in [0.4, 0.5) is 0 Å². The molecule has 0 aliphatic rings. The first-order valence-electron chi connectivity index (χ1n) is 7.31. The van der Waals surface area contributed by atoms with Gasteiger partial charge < -0.3 is 10.5 Å². The Kier molecular flexibility index (Phi) is 5.65. The number of nitrogens with two attached hydrogens (primary N) is 1. The number of hydrogen-bond donors (Lipinski definition) is 1. The predicted octanol–water partition coefficient (Wildman–Crippen LogP) is 3.42. The first kappa shape index (κ1) is 15.9. The largest absolute Gasteiger partial charge is 0.487 e. The molecule has 5 heteroatoms. The summed E-state index contributed by atoms with van der Waals surface area (Å²) >= 11 is 6.27. The Labute approximate surface area is 130 Å². The number of ether oxygens (including phenoxy) is 1. The fraction of sp³-hybridized carbons (Fsp3) is 0.438.